The van der Waals surface area contributed by atoms with Gasteiger partial charge in [0.25, 0.3) is 0 Å². The lowest BCUT2D eigenvalue weighted by atomic mass is 10.3. The summed E-state index contributed by atoms with van der Waals surface area (Å²) in [5.74, 6) is 0. The molecular formula is C6H10BF4NO. The van der Waals surface area contributed by atoms with Crippen LogP contribution >= 0.6 is 0 Å². The maximum atomic E-state index is 9.75. The molecule has 0 aliphatic rings. The molecule has 0 fully saturated rings. The standard InChI is InChI=1S/C6H10NO.BF4/c1-6(2)7-3-4-8-5-7;2-1(3,4)5/h3-6H,1-2H3;/q+1;-1. The van der Waals surface area contributed by atoms with Crippen molar-refractivity contribution in [3.8, 4) is 0 Å². The lowest BCUT2D eigenvalue weighted by molar-refractivity contribution is -0.718. The Hall–Kier alpha value is -1.01. The van der Waals surface area contributed by atoms with Crippen molar-refractivity contribution in [1.82, 2.24) is 0 Å². The summed E-state index contributed by atoms with van der Waals surface area (Å²) in [5.41, 5.74) is 0. The number of nitrogens with zero attached hydrogens (tertiary/aromatic N) is 1. The first-order chi connectivity index (χ1) is 5.80. The molecule has 1 aromatic heterocycles. The molecule has 0 N–H and O–H groups in total. The average molecular weight is 199 g/mol. The number of oxazole rings is 1. The van der Waals surface area contributed by atoms with E-state index in [9.17, 15) is 17.3 Å². The molecule has 0 aliphatic carbocycles. The van der Waals surface area contributed by atoms with Gasteiger partial charge >= 0.3 is 13.6 Å². The zero-order valence-corrected chi connectivity index (χ0v) is 7.25. The summed E-state index contributed by atoms with van der Waals surface area (Å²) in [4.78, 5) is 0. The fourth-order valence-corrected chi connectivity index (χ4v) is 0.540. The van der Waals surface area contributed by atoms with E-state index in [4.69, 9.17) is 4.42 Å². The van der Waals surface area contributed by atoms with Gasteiger partial charge in [-0.05, 0) is 13.8 Å². The molecule has 1 heterocycles. The molecule has 0 spiro atoms. The Morgan fingerprint density at radius 1 is 1.23 bits per heavy atom. The molecule has 0 radical (unpaired) electrons. The number of hydrogen-bond acceptors (Lipinski definition) is 1. The molecule has 0 saturated carbocycles. The second-order valence-corrected chi connectivity index (χ2v) is 2.56. The fraction of sp³-hybridized carbons (Fsp3) is 0.500. The van der Waals surface area contributed by atoms with Gasteiger partial charge in [0.15, 0.2) is 12.3 Å². The predicted octanol–water partition coefficient (Wildman–Crippen LogP) is 2.45. The summed E-state index contributed by atoms with van der Waals surface area (Å²) in [6.45, 7) is 4.21. The molecule has 0 amide bonds. The summed E-state index contributed by atoms with van der Waals surface area (Å²) in [6.07, 6.45) is 5.27. The van der Waals surface area contributed by atoms with Crippen LogP contribution in [0.2, 0.25) is 0 Å². The Labute approximate surface area is 73.3 Å². The largest absolute Gasteiger partial charge is 0.673 e. The van der Waals surface area contributed by atoms with E-state index < -0.39 is 7.25 Å². The summed E-state index contributed by atoms with van der Waals surface area (Å²) < 4.78 is 45.8. The maximum Gasteiger partial charge on any atom is 0.673 e. The Kier molecular flexibility index (Phi) is 4.51. The van der Waals surface area contributed by atoms with Crippen LogP contribution < -0.4 is 4.57 Å². The van der Waals surface area contributed by atoms with Crippen LogP contribution in [0.25, 0.3) is 0 Å². The SMILES string of the molecule is CC(C)[n+]1ccoc1.F[B-](F)(F)F. The van der Waals surface area contributed by atoms with Gasteiger partial charge in [-0.2, -0.15) is 4.57 Å². The first-order valence-corrected chi connectivity index (χ1v) is 3.61. The van der Waals surface area contributed by atoms with E-state index in [-0.39, 0.29) is 0 Å². The molecule has 0 aliphatic heterocycles. The fourth-order valence-electron chi connectivity index (χ4n) is 0.540. The monoisotopic (exact) mass is 199 g/mol. The molecule has 1 rings (SSSR count). The highest BCUT2D eigenvalue weighted by atomic mass is 19.5. The zero-order chi connectivity index (χ0) is 10.5. The summed E-state index contributed by atoms with van der Waals surface area (Å²) in [6, 6.07) is 0.508. The normalized spacial score (nSPS) is 11.0. The van der Waals surface area contributed by atoms with E-state index in [0.29, 0.717) is 6.04 Å². The minimum atomic E-state index is -6.00. The van der Waals surface area contributed by atoms with E-state index in [2.05, 4.69) is 13.8 Å². The topological polar surface area (TPSA) is 17.0 Å². The second-order valence-electron chi connectivity index (χ2n) is 2.56. The zero-order valence-electron chi connectivity index (χ0n) is 7.25. The van der Waals surface area contributed by atoms with E-state index in [1.165, 1.54) is 0 Å². The van der Waals surface area contributed by atoms with Crippen LogP contribution in [0.5, 0.6) is 0 Å². The number of rotatable bonds is 1. The van der Waals surface area contributed by atoms with E-state index in [1.807, 2.05) is 10.8 Å². The van der Waals surface area contributed by atoms with Crippen molar-refractivity contribution in [2.45, 2.75) is 19.9 Å². The third kappa shape index (κ3) is 8.90. The van der Waals surface area contributed by atoms with Gasteiger partial charge in [-0.25, -0.2) is 0 Å². The summed E-state index contributed by atoms with van der Waals surface area (Å²) in [7, 11) is -6.00. The van der Waals surface area contributed by atoms with Crippen molar-refractivity contribution in [3.63, 3.8) is 0 Å². The van der Waals surface area contributed by atoms with Gasteiger partial charge < -0.3 is 21.7 Å². The quantitative estimate of drug-likeness (QED) is 0.385. The average Bonchev–Trinajstić information content (AvgIpc) is 2.31. The van der Waals surface area contributed by atoms with Crippen molar-refractivity contribution < 1.29 is 26.2 Å². The Bertz CT molecular complexity index is 215. The first kappa shape index (κ1) is 12.0. The van der Waals surface area contributed by atoms with Gasteiger partial charge in [-0.1, -0.05) is 0 Å². The number of aromatic nitrogens is 1. The highest BCUT2D eigenvalue weighted by molar-refractivity contribution is 6.50. The first-order valence-electron chi connectivity index (χ1n) is 3.61. The van der Waals surface area contributed by atoms with Crippen LogP contribution in [0.4, 0.5) is 17.3 Å². The van der Waals surface area contributed by atoms with E-state index in [0.717, 1.165) is 0 Å². The highest BCUT2D eigenvalue weighted by Crippen LogP contribution is 2.06. The van der Waals surface area contributed by atoms with Crippen molar-refractivity contribution >= 4 is 7.25 Å². The molecule has 0 saturated heterocycles. The minimum Gasteiger partial charge on any atom is -0.418 e. The van der Waals surface area contributed by atoms with Gasteiger partial charge in [0.2, 0.25) is 6.20 Å². The molecule has 0 atom stereocenters. The van der Waals surface area contributed by atoms with Gasteiger partial charge in [-0.15, -0.1) is 0 Å². The number of hydrogen-bond donors (Lipinski definition) is 0. The molecule has 76 valence electrons. The van der Waals surface area contributed by atoms with E-state index >= 15 is 0 Å². The Morgan fingerprint density at radius 3 is 1.85 bits per heavy atom. The molecule has 1 aromatic rings. The smallest absolute Gasteiger partial charge is 0.418 e. The van der Waals surface area contributed by atoms with Crippen molar-refractivity contribution in [2.24, 2.45) is 0 Å². The van der Waals surface area contributed by atoms with Crippen LogP contribution in [-0.4, -0.2) is 7.25 Å². The van der Waals surface area contributed by atoms with E-state index in [1.54, 1.807) is 12.7 Å². The molecule has 0 aromatic carbocycles. The van der Waals surface area contributed by atoms with Crippen LogP contribution in [0, 0.1) is 0 Å². The van der Waals surface area contributed by atoms with Crippen LogP contribution in [0.3, 0.4) is 0 Å². The Balaban J connectivity index is 0.000000252. The van der Waals surface area contributed by atoms with Crippen molar-refractivity contribution in [1.29, 1.82) is 0 Å². The lowest BCUT2D eigenvalue weighted by Gasteiger charge is -1.94. The molecule has 2 nitrogen and oxygen atoms in total. The minimum absolute atomic E-state index is 0.508. The Morgan fingerprint density at radius 2 is 1.69 bits per heavy atom. The lowest BCUT2D eigenvalue weighted by Crippen LogP contribution is -2.32. The molecule has 0 bridgehead atoms. The molecule has 7 heteroatoms. The molecule has 13 heavy (non-hydrogen) atoms. The third-order valence-electron chi connectivity index (χ3n) is 1.09. The van der Waals surface area contributed by atoms with Crippen molar-refractivity contribution in [2.75, 3.05) is 0 Å². The van der Waals surface area contributed by atoms with Crippen LogP contribution in [0.15, 0.2) is 23.3 Å². The van der Waals surface area contributed by atoms with Crippen molar-refractivity contribution in [3.05, 3.63) is 18.9 Å². The summed E-state index contributed by atoms with van der Waals surface area (Å²) >= 11 is 0. The van der Waals surface area contributed by atoms with Gasteiger partial charge in [0.1, 0.15) is 0 Å². The van der Waals surface area contributed by atoms with Gasteiger partial charge in [0.05, 0.1) is 0 Å². The van der Waals surface area contributed by atoms with Gasteiger partial charge in [-0.3, -0.25) is 0 Å². The second kappa shape index (κ2) is 4.88. The van der Waals surface area contributed by atoms with Crippen LogP contribution in [-0.2, 0) is 0 Å². The molecule has 0 unspecified atom stereocenters. The predicted molar refractivity (Wildman–Crippen MR) is 39.5 cm³/mol. The number of halogens is 4. The highest BCUT2D eigenvalue weighted by Gasteiger charge is 2.20. The summed E-state index contributed by atoms with van der Waals surface area (Å²) in [5, 5.41) is 0. The van der Waals surface area contributed by atoms with Gasteiger partial charge in [0, 0.05) is 0 Å². The maximum absolute atomic E-state index is 9.75. The molecular weight excluding hydrogens is 189 g/mol. The third-order valence-corrected chi connectivity index (χ3v) is 1.09. The van der Waals surface area contributed by atoms with Crippen LogP contribution in [0.1, 0.15) is 19.9 Å².